The predicted molar refractivity (Wildman–Crippen MR) is 107 cm³/mol. The van der Waals surface area contributed by atoms with Crippen molar-refractivity contribution in [2.45, 2.75) is 13.1 Å². The number of aromatic nitrogens is 1. The van der Waals surface area contributed by atoms with E-state index in [4.69, 9.17) is 0 Å². The van der Waals surface area contributed by atoms with Crippen LogP contribution in [0, 0.1) is 5.82 Å². The predicted octanol–water partition coefficient (Wildman–Crippen LogP) is 3.75. The maximum Gasteiger partial charge on any atom is 0.194 e. The molecule has 0 spiro atoms. The minimum atomic E-state index is -0.226. The van der Waals surface area contributed by atoms with Crippen molar-refractivity contribution in [1.82, 2.24) is 14.8 Å². The maximum atomic E-state index is 13.2. The maximum absolute atomic E-state index is 13.2. The highest BCUT2D eigenvalue weighted by atomic mass is 127. The van der Waals surface area contributed by atoms with Gasteiger partial charge in [-0.05, 0) is 39.7 Å². The molecule has 23 heavy (non-hydrogen) atoms. The largest absolute Gasteiger partial charge is 0.352 e. The first-order valence-corrected chi connectivity index (χ1v) is 7.76. The van der Waals surface area contributed by atoms with E-state index < -0.39 is 0 Å². The molecule has 0 radical (unpaired) electrons. The van der Waals surface area contributed by atoms with Gasteiger partial charge in [-0.1, -0.05) is 12.1 Å². The molecule has 0 amide bonds. The first-order valence-electron chi connectivity index (χ1n) is 6.96. The van der Waals surface area contributed by atoms with Gasteiger partial charge in [-0.2, -0.15) is 0 Å². The fraction of sp³-hybridized carbons (Fsp3) is 0.312. The minimum absolute atomic E-state index is 0. The molecular weight excluding hydrogens is 474 g/mol. The van der Waals surface area contributed by atoms with Gasteiger partial charge in [-0.3, -0.25) is 4.99 Å². The lowest BCUT2D eigenvalue weighted by Gasteiger charge is -2.22. The van der Waals surface area contributed by atoms with Gasteiger partial charge < -0.3 is 14.8 Å². The highest BCUT2D eigenvalue weighted by Crippen LogP contribution is 2.15. The average Bonchev–Trinajstić information content (AvgIpc) is 2.77. The van der Waals surface area contributed by atoms with Crippen molar-refractivity contribution in [2.24, 2.45) is 12.0 Å². The zero-order valence-electron chi connectivity index (χ0n) is 13.4. The summed E-state index contributed by atoms with van der Waals surface area (Å²) in [5.41, 5.74) is 2.05. The molecule has 1 aromatic heterocycles. The normalized spacial score (nSPS) is 11.1. The van der Waals surface area contributed by atoms with Crippen LogP contribution in [0.2, 0.25) is 0 Å². The monoisotopic (exact) mass is 494 g/mol. The zero-order valence-corrected chi connectivity index (χ0v) is 17.3. The number of hydrogen-bond acceptors (Lipinski definition) is 1. The van der Waals surface area contributed by atoms with Crippen LogP contribution in [0.5, 0.6) is 0 Å². The van der Waals surface area contributed by atoms with Gasteiger partial charge in [0.1, 0.15) is 5.82 Å². The van der Waals surface area contributed by atoms with Crippen LogP contribution < -0.4 is 5.32 Å². The highest BCUT2D eigenvalue weighted by molar-refractivity contribution is 14.0. The Labute approximate surface area is 161 Å². The van der Waals surface area contributed by atoms with Crippen LogP contribution in [0.1, 0.15) is 11.3 Å². The Morgan fingerprint density at radius 3 is 2.70 bits per heavy atom. The lowest BCUT2D eigenvalue weighted by molar-refractivity contribution is 0.461. The van der Waals surface area contributed by atoms with Crippen LogP contribution in [-0.2, 0) is 20.1 Å². The van der Waals surface area contributed by atoms with Crippen molar-refractivity contribution in [1.29, 1.82) is 0 Å². The quantitative estimate of drug-likeness (QED) is 0.399. The Hall–Kier alpha value is -1.09. The number of halogens is 3. The Bertz CT molecular complexity index is 672. The third-order valence-corrected chi connectivity index (χ3v) is 3.82. The molecule has 0 unspecified atom stereocenters. The van der Waals surface area contributed by atoms with Gasteiger partial charge in [0.2, 0.25) is 0 Å². The second-order valence-corrected chi connectivity index (χ2v) is 6.06. The molecule has 0 bridgehead atoms. The molecule has 0 aliphatic rings. The summed E-state index contributed by atoms with van der Waals surface area (Å²) in [4.78, 5) is 6.30. The summed E-state index contributed by atoms with van der Waals surface area (Å²) in [5.74, 6) is 0.540. The molecule has 7 heteroatoms. The molecule has 1 aromatic carbocycles. The van der Waals surface area contributed by atoms with Crippen molar-refractivity contribution in [2.75, 3.05) is 14.1 Å². The van der Waals surface area contributed by atoms with Gasteiger partial charge in [0.25, 0.3) is 0 Å². The Morgan fingerprint density at radius 2 is 2.13 bits per heavy atom. The highest BCUT2D eigenvalue weighted by Gasteiger charge is 2.09. The molecule has 0 saturated heterocycles. The lowest BCUT2D eigenvalue weighted by Crippen LogP contribution is -2.38. The summed E-state index contributed by atoms with van der Waals surface area (Å²) in [7, 11) is 5.73. The van der Waals surface area contributed by atoms with Crippen LogP contribution >= 0.6 is 39.9 Å². The van der Waals surface area contributed by atoms with Crippen molar-refractivity contribution < 1.29 is 4.39 Å². The molecule has 0 saturated carbocycles. The number of benzene rings is 1. The lowest BCUT2D eigenvalue weighted by atomic mass is 10.2. The summed E-state index contributed by atoms with van der Waals surface area (Å²) in [6.45, 7) is 1.26. The van der Waals surface area contributed by atoms with E-state index in [0.29, 0.717) is 6.54 Å². The van der Waals surface area contributed by atoms with Crippen molar-refractivity contribution in [3.05, 3.63) is 58.1 Å². The minimum Gasteiger partial charge on any atom is -0.352 e. The van der Waals surface area contributed by atoms with Crippen LogP contribution in [0.4, 0.5) is 4.39 Å². The Morgan fingerprint density at radius 1 is 1.39 bits per heavy atom. The van der Waals surface area contributed by atoms with E-state index in [9.17, 15) is 4.39 Å². The molecule has 126 valence electrons. The third kappa shape index (κ3) is 5.80. The smallest absolute Gasteiger partial charge is 0.194 e. The molecule has 2 rings (SSSR count). The average molecular weight is 495 g/mol. The van der Waals surface area contributed by atoms with E-state index in [1.54, 1.807) is 13.1 Å². The molecule has 1 N–H and O–H groups in total. The number of nitrogens with one attached hydrogen (secondary N) is 1. The SMILES string of the molecule is CN=C(NCc1cccc(F)c1)N(C)Cc1cc(Br)cn1C.I. The summed E-state index contributed by atoms with van der Waals surface area (Å²) >= 11 is 3.47. The summed E-state index contributed by atoms with van der Waals surface area (Å²) in [5, 5.41) is 3.25. The summed E-state index contributed by atoms with van der Waals surface area (Å²) in [6, 6.07) is 8.64. The first-order chi connectivity index (χ1) is 10.5. The van der Waals surface area contributed by atoms with E-state index in [1.807, 2.05) is 31.3 Å². The van der Waals surface area contributed by atoms with Gasteiger partial charge in [-0.15, -0.1) is 24.0 Å². The van der Waals surface area contributed by atoms with Gasteiger partial charge in [0.05, 0.1) is 6.54 Å². The number of rotatable bonds is 4. The van der Waals surface area contributed by atoms with Crippen molar-refractivity contribution in [3.63, 3.8) is 0 Å². The number of guanidine groups is 1. The number of aliphatic imine (C=N–C) groups is 1. The second-order valence-electron chi connectivity index (χ2n) is 5.15. The molecular formula is C16H21BrFIN4. The van der Waals surface area contributed by atoms with E-state index in [0.717, 1.165) is 22.5 Å². The molecule has 0 atom stereocenters. The van der Waals surface area contributed by atoms with Crippen LogP contribution in [0.15, 0.2) is 46.0 Å². The summed E-state index contributed by atoms with van der Waals surface area (Å²) < 4.78 is 16.3. The van der Waals surface area contributed by atoms with Gasteiger partial charge in [-0.25, -0.2) is 4.39 Å². The van der Waals surface area contributed by atoms with Gasteiger partial charge in [0.15, 0.2) is 5.96 Å². The standard InChI is InChI=1S/C16H20BrFN4.HI/c1-19-16(20-9-12-5-4-6-14(18)7-12)22(3)11-15-8-13(17)10-21(15)2;/h4-8,10H,9,11H2,1-3H3,(H,19,20);1H. The zero-order chi connectivity index (χ0) is 16.1. The molecule has 2 aromatic rings. The topological polar surface area (TPSA) is 32.6 Å². The van der Waals surface area contributed by atoms with Crippen LogP contribution in [0.25, 0.3) is 0 Å². The van der Waals surface area contributed by atoms with Crippen molar-refractivity contribution in [3.8, 4) is 0 Å². The third-order valence-electron chi connectivity index (χ3n) is 3.39. The molecule has 1 heterocycles. The number of aryl methyl sites for hydroxylation is 1. The van der Waals surface area contributed by atoms with Gasteiger partial charge in [0, 0.05) is 44.1 Å². The Balaban J connectivity index is 0.00000264. The van der Waals surface area contributed by atoms with Crippen LogP contribution in [0.3, 0.4) is 0 Å². The van der Waals surface area contributed by atoms with E-state index in [1.165, 1.54) is 17.8 Å². The van der Waals surface area contributed by atoms with E-state index >= 15 is 0 Å². The first kappa shape index (κ1) is 20.0. The fourth-order valence-corrected chi connectivity index (χ4v) is 2.83. The number of nitrogens with zero attached hydrogens (tertiary/aromatic N) is 3. The Kier molecular flexibility index (Phi) is 8.04. The number of hydrogen-bond donors (Lipinski definition) is 1. The second kappa shape index (κ2) is 9.27. The molecule has 4 nitrogen and oxygen atoms in total. The fourth-order valence-electron chi connectivity index (χ4n) is 2.25. The van der Waals surface area contributed by atoms with E-state index in [2.05, 4.69) is 36.9 Å². The van der Waals surface area contributed by atoms with Gasteiger partial charge >= 0.3 is 0 Å². The van der Waals surface area contributed by atoms with E-state index in [-0.39, 0.29) is 29.8 Å². The molecule has 0 aliphatic heterocycles. The molecule has 0 aliphatic carbocycles. The van der Waals surface area contributed by atoms with Crippen molar-refractivity contribution >= 4 is 45.9 Å². The molecule has 0 fully saturated rings. The summed E-state index contributed by atoms with van der Waals surface area (Å²) in [6.07, 6.45) is 2.02. The van der Waals surface area contributed by atoms with Crippen LogP contribution in [-0.4, -0.2) is 29.5 Å².